The Morgan fingerprint density at radius 1 is 1.24 bits per heavy atom. The molecular weight excluding hydrogens is 335 g/mol. The number of hydrogen-bond donors (Lipinski definition) is 1. The van der Waals surface area contributed by atoms with Crippen molar-refractivity contribution >= 4 is 18.1 Å². The molecule has 0 saturated heterocycles. The summed E-state index contributed by atoms with van der Waals surface area (Å²) >= 11 is 0.269. The van der Waals surface area contributed by atoms with Crippen LogP contribution in [0.25, 0.3) is 0 Å². The molecular formula is C20H25FN2OS. The molecule has 2 aromatic rings. The normalized spacial score (nSPS) is 12.2. The van der Waals surface area contributed by atoms with E-state index in [4.69, 9.17) is 0 Å². The van der Waals surface area contributed by atoms with Gasteiger partial charge >= 0.3 is 0 Å². The number of amides is 1. The molecule has 0 aliphatic carbocycles. The lowest BCUT2D eigenvalue weighted by molar-refractivity contribution is 0.0936. The first-order valence-corrected chi connectivity index (χ1v) is 9.18. The smallest absolute Gasteiger partial charge is 0.251 e. The van der Waals surface area contributed by atoms with E-state index in [0.29, 0.717) is 17.0 Å². The second kappa shape index (κ2) is 9.59. The maximum Gasteiger partial charge on any atom is 0.251 e. The molecule has 0 radical (unpaired) electrons. The van der Waals surface area contributed by atoms with Crippen LogP contribution in [0.4, 0.5) is 3.89 Å². The third-order valence-electron chi connectivity index (χ3n) is 4.46. The largest absolute Gasteiger partial charge is 0.350 e. The van der Waals surface area contributed by atoms with Crippen molar-refractivity contribution in [3.8, 4) is 0 Å². The van der Waals surface area contributed by atoms with Crippen molar-refractivity contribution in [3.63, 3.8) is 0 Å². The molecule has 0 bridgehead atoms. The van der Waals surface area contributed by atoms with Gasteiger partial charge in [-0.1, -0.05) is 31.2 Å². The van der Waals surface area contributed by atoms with Crippen molar-refractivity contribution in [1.29, 1.82) is 0 Å². The molecule has 1 unspecified atom stereocenters. The minimum Gasteiger partial charge on any atom is -0.350 e. The monoisotopic (exact) mass is 360 g/mol. The molecule has 0 aliphatic rings. The summed E-state index contributed by atoms with van der Waals surface area (Å²) < 4.78 is 12.8. The van der Waals surface area contributed by atoms with Gasteiger partial charge in [0, 0.05) is 29.6 Å². The van der Waals surface area contributed by atoms with Crippen LogP contribution in [0.1, 0.15) is 34.8 Å². The van der Waals surface area contributed by atoms with Gasteiger partial charge in [-0.25, -0.2) is 0 Å². The van der Waals surface area contributed by atoms with Crippen molar-refractivity contribution < 1.29 is 8.68 Å². The van der Waals surface area contributed by atoms with Gasteiger partial charge in [0.05, 0.1) is 12.1 Å². The summed E-state index contributed by atoms with van der Waals surface area (Å²) in [4.78, 5) is 15.0. The number of carbonyl (C=O) groups excluding carboxylic acids is 1. The molecule has 5 heteroatoms. The van der Waals surface area contributed by atoms with Crippen LogP contribution in [-0.4, -0.2) is 30.4 Å². The fourth-order valence-electron chi connectivity index (χ4n) is 2.78. The van der Waals surface area contributed by atoms with E-state index < -0.39 is 0 Å². The Bertz CT molecular complexity index is 693. The van der Waals surface area contributed by atoms with Gasteiger partial charge in [0.1, 0.15) is 0 Å². The van der Waals surface area contributed by atoms with E-state index in [0.717, 1.165) is 24.1 Å². The van der Waals surface area contributed by atoms with E-state index in [1.165, 1.54) is 0 Å². The van der Waals surface area contributed by atoms with Crippen LogP contribution < -0.4 is 5.32 Å². The Morgan fingerprint density at radius 2 is 1.96 bits per heavy atom. The third-order valence-corrected chi connectivity index (χ3v) is 4.89. The molecule has 2 aromatic carbocycles. The van der Waals surface area contributed by atoms with Crippen LogP contribution in [0.3, 0.4) is 0 Å². The summed E-state index contributed by atoms with van der Waals surface area (Å²) in [7, 11) is 2.04. The Balaban J connectivity index is 1.96. The number of likely N-dealkylation sites (N-methyl/N-ethyl adjacent to an activating group) is 1. The molecule has 3 nitrogen and oxygen atoms in total. The van der Waals surface area contributed by atoms with E-state index >= 15 is 0 Å². The van der Waals surface area contributed by atoms with E-state index in [-0.39, 0.29) is 24.1 Å². The molecule has 0 fully saturated rings. The van der Waals surface area contributed by atoms with E-state index in [9.17, 15) is 8.68 Å². The number of nitrogens with one attached hydrogen (secondary N) is 1. The number of aryl methyl sites for hydroxylation is 1. The molecule has 0 heterocycles. The number of carbonyl (C=O) groups is 1. The standard InChI is InChI=1S/C20H25FN2OS/c1-4-18(13-22-20(24)16-8-6-5-7-9-16)23(3)14-17-12-19(25-21)11-10-15(17)2/h5-12,18H,4,13-14H2,1-3H3,(H,22,24). The van der Waals surface area contributed by atoms with Gasteiger partial charge in [0.15, 0.2) is 0 Å². The van der Waals surface area contributed by atoms with Crippen molar-refractivity contribution in [2.75, 3.05) is 13.6 Å². The lowest BCUT2D eigenvalue weighted by Gasteiger charge is -2.28. The molecule has 0 spiro atoms. The van der Waals surface area contributed by atoms with E-state index in [1.807, 2.05) is 56.4 Å². The Morgan fingerprint density at radius 3 is 2.60 bits per heavy atom. The minimum atomic E-state index is -0.0561. The first-order chi connectivity index (χ1) is 12.0. The lowest BCUT2D eigenvalue weighted by atomic mass is 10.1. The van der Waals surface area contributed by atoms with Gasteiger partial charge in [-0.05, 0) is 55.8 Å². The zero-order valence-electron chi connectivity index (χ0n) is 15.0. The van der Waals surface area contributed by atoms with Crippen LogP contribution in [0, 0.1) is 6.92 Å². The molecule has 25 heavy (non-hydrogen) atoms. The van der Waals surface area contributed by atoms with Crippen LogP contribution >= 0.6 is 12.1 Å². The Labute approximate surface area is 153 Å². The number of halogens is 1. The summed E-state index contributed by atoms with van der Waals surface area (Å²) in [5.41, 5.74) is 2.93. The molecule has 0 aliphatic heterocycles. The van der Waals surface area contributed by atoms with Gasteiger partial charge in [-0.2, -0.15) is 3.89 Å². The topological polar surface area (TPSA) is 32.3 Å². The third kappa shape index (κ3) is 5.58. The fraction of sp³-hybridized carbons (Fsp3) is 0.350. The highest BCUT2D eigenvalue weighted by molar-refractivity contribution is 7.94. The van der Waals surface area contributed by atoms with Gasteiger partial charge in [-0.3, -0.25) is 9.69 Å². The van der Waals surface area contributed by atoms with E-state index in [1.54, 1.807) is 6.07 Å². The van der Waals surface area contributed by atoms with Crippen LogP contribution in [0.2, 0.25) is 0 Å². The van der Waals surface area contributed by atoms with Crippen LogP contribution in [0.5, 0.6) is 0 Å². The number of hydrogen-bond acceptors (Lipinski definition) is 3. The maximum atomic E-state index is 12.8. The van der Waals surface area contributed by atoms with Crippen molar-refractivity contribution in [3.05, 3.63) is 65.2 Å². The zero-order valence-corrected chi connectivity index (χ0v) is 15.8. The van der Waals surface area contributed by atoms with Crippen LogP contribution in [0.15, 0.2) is 53.4 Å². The van der Waals surface area contributed by atoms with Gasteiger partial charge < -0.3 is 5.32 Å². The van der Waals surface area contributed by atoms with Gasteiger partial charge in [0.2, 0.25) is 0 Å². The number of benzene rings is 2. The summed E-state index contributed by atoms with van der Waals surface area (Å²) in [6.45, 7) is 5.45. The predicted octanol–water partition coefficient (Wildman–Crippen LogP) is 4.61. The van der Waals surface area contributed by atoms with Crippen molar-refractivity contribution in [1.82, 2.24) is 10.2 Å². The summed E-state index contributed by atoms with van der Waals surface area (Å²) in [6, 6.07) is 15.1. The van der Waals surface area contributed by atoms with E-state index in [2.05, 4.69) is 17.1 Å². The SMILES string of the molecule is CCC(CNC(=O)c1ccccc1)N(C)Cc1cc(SF)ccc1C. The maximum absolute atomic E-state index is 12.8. The van der Waals surface area contributed by atoms with Crippen LogP contribution in [-0.2, 0) is 6.54 Å². The zero-order chi connectivity index (χ0) is 18.2. The van der Waals surface area contributed by atoms with Gasteiger partial charge in [-0.15, -0.1) is 0 Å². The summed E-state index contributed by atoms with van der Waals surface area (Å²) in [6.07, 6.45) is 0.919. The highest BCUT2D eigenvalue weighted by Crippen LogP contribution is 2.23. The molecule has 0 saturated carbocycles. The molecule has 1 N–H and O–H groups in total. The molecule has 0 aromatic heterocycles. The van der Waals surface area contributed by atoms with Crippen molar-refractivity contribution in [2.45, 2.75) is 37.8 Å². The quantitative estimate of drug-likeness (QED) is 0.746. The first-order valence-electron chi connectivity index (χ1n) is 8.46. The number of rotatable bonds is 8. The second-order valence-corrected chi connectivity index (χ2v) is 6.84. The minimum absolute atomic E-state index is 0.0561. The number of nitrogens with zero attached hydrogens (tertiary/aromatic N) is 1. The highest BCUT2D eigenvalue weighted by Gasteiger charge is 2.16. The average molecular weight is 360 g/mol. The Hall–Kier alpha value is -1.85. The highest BCUT2D eigenvalue weighted by atomic mass is 32.2. The average Bonchev–Trinajstić information content (AvgIpc) is 2.64. The molecule has 2 rings (SSSR count). The summed E-state index contributed by atoms with van der Waals surface area (Å²) in [5.74, 6) is -0.0561. The molecule has 134 valence electrons. The molecule has 1 amide bonds. The lowest BCUT2D eigenvalue weighted by Crippen LogP contribution is -2.41. The predicted molar refractivity (Wildman–Crippen MR) is 102 cm³/mol. The van der Waals surface area contributed by atoms with Gasteiger partial charge in [0.25, 0.3) is 5.91 Å². The van der Waals surface area contributed by atoms with Crippen molar-refractivity contribution in [2.24, 2.45) is 0 Å². The first kappa shape index (κ1) is 19.5. The summed E-state index contributed by atoms with van der Waals surface area (Å²) in [5, 5.41) is 3.01. The molecule has 1 atom stereocenters. The Kier molecular flexibility index (Phi) is 7.47. The fourth-order valence-corrected chi connectivity index (χ4v) is 3.08. The second-order valence-electron chi connectivity index (χ2n) is 6.22.